The molecule has 5 nitrogen and oxygen atoms in total. The highest BCUT2D eigenvalue weighted by Crippen LogP contribution is 2.22. The summed E-state index contributed by atoms with van der Waals surface area (Å²) < 4.78 is 18.5. The first kappa shape index (κ1) is 17.4. The lowest BCUT2D eigenvalue weighted by Gasteiger charge is -2.07. The third kappa shape index (κ3) is 4.57. The number of carbonyl (C=O) groups excluding carboxylic acids is 2. The molecule has 0 saturated heterocycles. The van der Waals surface area contributed by atoms with E-state index in [4.69, 9.17) is 4.42 Å². The Hall–Kier alpha value is -3.41. The van der Waals surface area contributed by atoms with Crippen LogP contribution in [0.3, 0.4) is 0 Å². The van der Waals surface area contributed by atoms with Gasteiger partial charge in [-0.25, -0.2) is 4.39 Å². The van der Waals surface area contributed by atoms with Gasteiger partial charge in [0.25, 0.3) is 5.91 Å². The Morgan fingerprint density at radius 3 is 2.35 bits per heavy atom. The molecule has 0 unspecified atom stereocenters. The molecule has 132 valence electrons. The molecule has 0 bridgehead atoms. The topological polar surface area (TPSA) is 71.3 Å². The van der Waals surface area contributed by atoms with Crippen molar-refractivity contribution in [3.63, 3.8) is 0 Å². The Morgan fingerprint density at radius 1 is 0.885 bits per heavy atom. The fourth-order valence-corrected chi connectivity index (χ4v) is 2.37. The summed E-state index contributed by atoms with van der Waals surface area (Å²) in [6, 6.07) is 18.4. The zero-order valence-electron chi connectivity index (χ0n) is 13.9. The van der Waals surface area contributed by atoms with Crippen LogP contribution in [0.25, 0.3) is 11.3 Å². The van der Waals surface area contributed by atoms with Crippen molar-refractivity contribution in [1.29, 1.82) is 0 Å². The van der Waals surface area contributed by atoms with Crippen LogP contribution in [0.1, 0.15) is 22.5 Å². The maximum absolute atomic E-state index is 12.8. The highest BCUT2D eigenvalue weighted by atomic mass is 19.1. The van der Waals surface area contributed by atoms with Crippen molar-refractivity contribution < 1.29 is 18.4 Å². The Morgan fingerprint density at radius 2 is 1.62 bits per heavy atom. The third-order valence-corrected chi connectivity index (χ3v) is 3.74. The van der Waals surface area contributed by atoms with Gasteiger partial charge < -0.3 is 4.42 Å². The van der Waals surface area contributed by atoms with Crippen LogP contribution in [0.4, 0.5) is 4.39 Å². The maximum Gasteiger partial charge on any atom is 0.269 e. The van der Waals surface area contributed by atoms with Crippen LogP contribution in [0.5, 0.6) is 0 Å². The van der Waals surface area contributed by atoms with Crippen LogP contribution in [0.2, 0.25) is 0 Å². The summed E-state index contributed by atoms with van der Waals surface area (Å²) in [6.45, 7) is 0. The molecule has 2 N–H and O–H groups in total. The highest BCUT2D eigenvalue weighted by molar-refractivity contribution is 5.95. The number of benzene rings is 2. The minimum absolute atomic E-state index is 0.158. The number of hydrogen-bond donors (Lipinski definition) is 2. The van der Waals surface area contributed by atoms with Gasteiger partial charge in [-0.15, -0.1) is 0 Å². The van der Waals surface area contributed by atoms with Crippen LogP contribution < -0.4 is 10.9 Å². The van der Waals surface area contributed by atoms with E-state index in [2.05, 4.69) is 10.9 Å². The van der Waals surface area contributed by atoms with Gasteiger partial charge in [-0.1, -0.05) is 30.3 Å². The van der Waals surface area contributed by atoms with Crippen molar-refractivity contribution in [2.75, 3.05) is 0 Å². The molecule has 0 spiro atoms. The first-order chi connectivity index (χ1) is 12.6. The summed E-state index contributed by atoms with van der Waals surface area (Å²) in [5.41, 5.74) is 5.85. The quantitative estimate of drug-likeness (QED) is 0.691. The van der Waals surface area contributed by atoms with E-state index in [1.165, 1.54) is 24.3 Å². The molecule has 0 aliphatic rings. The van der Waals surface area contributed by atoms with Gasteiger partial charge in [-0.2, -0.15) is 0 Å². The van der Waals surface area contributed by atoms with Gasteiger partial charge in [-0.05, 0) is 36.4 Å². The van der Waals surface area contributed by atoms with Crippen LogP contribution in [-0.2, 0) is 11.2 Å². The lowest BCUT2D eigenvalue weighted by molar-refractivity contribution is -0.121. The molecule has 0 atom stereocenters. The van der Waals surface area contributed by atoms with Crippen LogP contribution in [-0.4, -0.2) is 11.8 Å². The number of hydrazine groups is 1. The average Bonchev–Trinajstić information content (AvgIpc) is 3.15. The third-order valence-electron chi connectivity index (χ3n) is 3.74. The lowest BCUT2D eigenvalue weighted by Crippen LogP contribution is -2.41. The Balaban J connectivity index is 1.46. The van der Waals surface area contributed by atoms with Crippen molar-refractivity contribution in [3.8, 4) is 11.3 Å². The van der Waals surface area contributed by atoms with E-state index in [1.807, 2.05) is 42.5 Å². The van der Waals surface area contributed by atoms with Gasteiger partial charge >= 0.3 is 0 Å². The second-order valence-electron chi connectivity index (χ2n) is 5.64. The molecule has 2 aromatic carbocycles. The number of amides is 2. The van der Waals surface area contributed by atoms with E-state index in [0.29, 0.717) is 12.2 Å². The Kier molecular flexibility index (Phi) is 5.43. The fourth-order valence-electron chi connectivity index (χ4n) is 2.37. The van der Waals surface area contributed by atoms with E-state index in [0.717, 1.165) is 11.3 Å². The van der Waals surface area contributed by atoms with Gasteiger partial charge in [0.1, 0.15) is 17.3 Å². The molecule has 0 saturated carbocycles. The monoisotopic (exact) mass is 352 g/mol. The van der Waals surface area contributed by atoms with Gasteiger partial charge in [0.2, 0.25) is 5.91 Å². The molecule has 26 heavy (non-hydrogen) atoms. The molecule has 0 aliphatic carbocycles. The first-order valence-electron chi connectivity index (χ1n) is 8.11. The van der Waals surface area contributed by atoms with E-state index >= 15 is 0 Å². The Labute approximate surface area is 149 Å². The predicted molar refractivity (Wildman–Crippen MR) is 94.5 cm³/mol. The second-order valence-corrected chi connectivity index (χ2v) is 5.64. The van der Waals surface area contributed by atoms with E-state index in [9.17, 15) is 14.0 Å². The molecule has 1 heterocycles. The summed E-state index contributed by atoms with van der Waals surface area (Å²) in [6.07, 6.45) is 0.566. The smallest absolute Gasteiger partial charge is 0.269 e. The Bertz CT molecular complexity index is 889. The zero-order chi connectivity index (χ0) is 18.4. The predicted octanol–water partition coefficient (Wildman–Crippen LogP) is 3.48. The van der Waals surface area contributed by atoms with Gasteiger partial charge in [0.05, 0.1) is 0 Å². The second kappa shape index (κ2) is 8.11. The van der Waals surface area contributed by atoms with E-state index in [-0.39, 0.29) is 17.9 Å². The van der Waals surface area contributed by atoms with Crippen molar-refractivity contribution in [2.45, 2.75) is 12.8 Å². The highest BCUT2D eigenvalue weighted by Gasteiger charge is 2.09. The average molecular weight is 352 g/mol. The number of rotatable bonds is 5. The van der Waals surface area contributed by atoms with Crippen LogP contribution in [0, 0.1) is 5.82 Å². The van der Waals surface area contributed by atoms with Crippen molar-refractivity contribution in [1.82, 2.24) is 10.9 Å². The normalized spacial score (nSPS) is 10.3. The summed E-state index contributed by atoms with van der Waals surface area (Å²) in [5, 5.41) is 0. The minimum Gasteiger partial charge on any atom is -0.461 e. The van der Waals surface area contributed by atoms with Gasteiger partial charge in [-0.3, -0.25) is 20.4 Å². The summed E-state index contributed by atoms with van der Waals surface area (Å²) >= 11 is 0. The van der Waals surface area contributed by atoms with E-state index < -0.39 is 11.7 Å². The number of aryl methyl sites for hydroxylation is 1. The number of halogens is 1. The van der Waals surface area contributed by atoms with Crippen molar-refractivity contribution >= 4 is 11.8 Å². The summed E-state index contributed by atoms with van der Waals surface area (Å²) in [7, 11) is 0. The molecule has 2 amide bonds. The summed E-state index contributed by atoms with van der Waals surface area (Å²) in [5.74, 6) is 0.134. The van der Waals surface area contributed by atoms with Crippen LogP contribution >= 0.6 is 0 Å². The van der Waals surface area contributed by atoms with Crippen molar-refractivity contribution in [2.24, 2.45) is 0 Å². The molecule has 0 radical (unpaired) electrons. The molecule has 1 aromatic heterocycles. The molecule has 6 heteroatoms. The number of nitrogens with one attached hydrogen (secondary N) is 2. The standard InChI is InChI=1S/C20H17FN2O3/c21-16-8-6-15(7-9-16)20(25)23-22-19(24)13-11-17-10-12-18(26-17)14-4-2-1-3-5-14/h1-10,12H,11,13H2,(H,22,24)(H,23,25). The number of hydrogen-bond acceptors (Lipinski definition) is 3. The van der Waals surface area contributed by atoms with E-state index in [1.54, 1.807) is 0 Å². The first-order valence-corrected chi connectivity index (χ1v) is 8.11. The molecular formula is C20H17FN2O3. The zero-order valence-corrected chi connectivity index (χ0v) is 13.9. The maximum atomic E-state index is 12.8. The summed E-state index contributed by atoms with van der Waals surface area (Å²) in [4.78, 5) is 23.7. The molecule has 3 aromatic rings. The molecular weight excluding hydrogens is 335 g/mol. The minimum atomic E-state index is -0.511. The number of furan rings is 1. The lowest BCUT2D eigenvalue weighted by atomic mass is 10.2. The van der Waals surface area contributed by atoms with Crippen LogP contribution in [0.15, 0.2) is 71.1 Å². The molecule has 0 aliphatic heterocycles. The molecule has 3 rings (SSSR count). The largest absolute Gasteiger partial charge is 0.461 e. The van der Waals surface area contributed by atoms with Gasteiger partial charge in [0.15, 0.2) is 0 Å². The number of carbonyl (C=O) groups is 2. The SMILES string of the molecule is O=C(CCc1ccc(-c2ccccc2)o1)NNC(=O)c1ccc(F)cc1. The fraction of sp³-hybridized carbons (Fsp3) is 0.100. The van der Waals surface area contributed by atoms with Crippen molar-refractivity contribution in [3.05, 3.63) is 83.9 Å². The van der Waals surface area contributed by atoms with Gasteiger partial charge in [0, 0.05) is 24.0 Å². The molecule has 0 fully saturated rings.